The van der Waals surface area contributed by atoms with Crippen molar-refractivity contribution >= 4 is 17.6 Å². The Kier molecular flexibility index (Phi) is 4.00. The zero-order chi connectivity index (χ0) is 13.8. The van der Waals surface area contributed by atoms with E-state index in [1.165, 1.54) is 27.7 Å². The van der Waals surface area contributed by atoms with E-state index in [1.54, 1.807) is 20.2 Å². The van der Waals surface area contributed by atoms with Crippen LogP contribution in [0.2, 0.25) is 0 Å². The molecule has 0 fully saturated rings. The number of oxime groups is 1. The van der Waals surface area contributed by atoms with Crippen molar-refractivity contribution in [3.05, 3.63) is 26.8 Å². The largest absolute Gasteiger partial charge is 0.467 e. The van der Waals surface area contributed by atoms with Crippen molar-refractivity contribution < 1.29 is 9.57 Å². The van der Waals surface area contributed by atoms with Crippen LogP contribution < -0.4 is 10.4 Å². The lowest BCUT2D eigenvalue weighted by molar-refractivity contribution is 0.134. The first kappa shape index (κ1) is 13.3. The van der Waals surface area contributed by atoms with Crippen LogP contribution in [-0.4, -0.2) is 27.7 Å². The number of thiophene rings is 1. The van der Waals surface area contributed by atoms with Crippen molar-refractivity contribution in [2.24, 2.45) is 12.2 Å². The van der Waals surface area contributed by atoms with E-state index in [4.69, 9.17) is 9.57 Å². The second kappa shape index (κ2) is 5.70. The second-order valence-corrected chi connectivity index (χ2v) is 4.60. The number of hydrogen-bond donors (Lipinski definition) is 0. The van der Waals surface area contributed by atoms with Gasteiger partial charge in [-0.05, 0) is 18.4 Å². The van der Waals surface area contributed by atoms with Gasteiger partial charge in [0.15, 0.2) is 6.61 Å². The molecule has 0 aliphatic carbocycles. The highest BCUT2D eigenvalue weighted by Gasteiger charge is 2.17. The fraction of sp³-hybridized carbons (Fsp3) is 0.364. The molecule has 0 saturated carbocycles. The molecule has 0 radical (unpaired) electrons. The highest BCUT2D eigenvalue weighted by Crippen LogP contribution is 2.23. The van der Waals surface area contributed by atoms with Gasteiger partial charge >= 0.3 is 11.7 Å². The number of ether oxygens (including phenoxy) is 1. The van der Waals surface area contributed by atoms with Gasteiger partial charge < -0.3 is 9.57 Å². The molecule has 0 N–H and O–H groups in total. The molecular weight excluding hydrogens is 268 g/mol. The third kappa shape index (κ3) is 2.53. The summed E-state index contributed by atoms with van der Waals surface area (Å²) >= 11 is 1.48. The fourth-order valence-corrected chi connectivity index (χ4v) is 2.35. The maximum absolute atomic E-state index is 12.0. The molecule has 0 bridgehead atoms. The average Bonchev–Trinajstić information content (AvgIpc) is 2.96. The molecule has 2 aromatic rings. The number of rotatable bonds is 5. The Hall–Kier alpha value is -2.09. The van der Waals surface area contributed by atoms with E-state index < -0.39 is 0 Å². The van der Waals surface area contributed by atoms with Crippen molar-refractivity contribution in [2.45, 2.75) is 13.5 Å². The lowest BCUT2D eigenvalue weighted by Crippen LogP contribution is -2.22. The van der Waals surface area contributed by atoms with Crippen LogP contribution >= 0.6 is 11.3 Å². The first-order valence-corrected chi connectivity index (χ1v) is 6.43. The Bertz CT molecular complexity index is 641. The number of aryl methyl sites for hydroxylation is 1. The number of methoxy groups -OCH3 is 1. The summed E-state index contributed by atoms with van der Waals surface area (Å²) in [6.07, 6.45) is 1.56. The van der Waals surface area contributed by atoms with Crippen LogP contribution in [0.4, 0.5) is 0 Å². The van der Waals surface area contributed by atoms with Crippen molar-refractivity contribution in [1.82, 2.24) is 14.3 Å². The van der Waals surface area contributed by atoms with E-state index in [-0.39, 0.29) is 11.7 Å². The summed E-state index contributed by atoms with van der Waals surface area (Å²) in [5, 5.41) is 9.57. The van der Waals surface area contributed by atoms with Crippen LogP contribution in [0.1, 0.15) is 11.8 Å². The molecule has 0 aliphatic rings. The molecule has 19 heavy (non-hydrogen) atoms. The van der Waals surface area contributed by atoms with Gasteiger partial charge in [0.05, 0.1) is 17.7 Å². The highest BCUT2D eigenvalue weighted by atomic mass is 32.1. The number of nitrogens with zero attached hydrogens (tertiary/aromatic N) is 4. The van der Waals surface area contributed by atoms with Crippen LogP contribution in [0.25, 0.3) is 5.69 Å². The third-order valence-electron chi connectivity index (χ3n) is 2.42. The summed E-state index contributed by atoms with van der Waals surface area (Å²) in [6.45, 7) is 2.06. The SMILES string of the molecule is C/C=N\OCc1sccc1-n1c(OC)nn(C)c1=O. The summed E-state index contributed by atoms with van der Waals surface area (Å²) in [6, 6.07) is 2.07. The third-order valence-corrected chi connectivity index (χ3v) is 3.30. The van der Waals surface area contributed by atoms with Crippen molar-refractivity contribution in [3.8, 4) is 11.7 Å². The first-order valence-electron chi connectivity index (χ1n) is 5.55. The summed E-state index contributed by atoms with van der Waals surface area (Å²) in [5.41, 5.74) is 0.432. The molecule has 0 unspecified atom stereocenters. The van der Waals surface area contributed by atoms with E-state index in [2.05, 4.69) is 10.3 Å². The van der Waals surface area contributed by atoms with Crippen LogP contribution in [-0.2, 0) is 18.5 Å². The van der Waals surface area contributed by atoms with E-state index in [0.29, 0.717) is 12.3 Å². The molecule has 0 aromatic carbocycles. The van der Waals surface area contributed by atoms with Gasteiger partial charge in [-0.25, -0.2) is 14.0 Å². The quantitative estimate of drug-likeness (QED) is 0.609. The monoisotopic (exact) mass is 282 g/mol. The van der Waals surface area contributed by atoms with E-state index >= 15 is 0 Å². The Balaban J connectivity index is 2.42. The Labute approximate surface area is 113 Å². The lowest BCUT2D eigenvalue weighted by Gasteiger charge is -2.04. The minimum atomic E-state index is -0.268. The summed E-state index contributed by atoms with van der Waals surface area (Å²) < 4.78 is 7.75. The molecule has 2 aromatic heterocycles. The highest BCUT2D eigenvalue weighted by molar-refractivity contribution is 7.10. The van der Waals surface area contributed by atoms with Crippen LogP contribution in [0.3, 0.4) is 0 Å². The van der Waals surface area contributed by atoms with Gasteiger partial charge in [0.1, 0.15) is 0 Å². The first-order chi connectivity index (χ1) is 9.19. The topological polar surface area (TPSA) is 70.6 Å². The molecule has 2 heterocycles. The number of hydrogen-bond acceptors (Lipinski definition) is 6. The zero-order valence-corrected chi connectivity index (χ0v) is 11.7. The molecule has 0 spiro atoms. The van der Waals surface area contributed by atoms with Gasteiger partial charge in [0, 0.05) is 13.3 Å². The van der Waals surface area contributed by atoms with E-state index in [1.807, 2.05) is 11.4 Å². The van der Waals surface area contributed by atoms with Gasteiger partial charge in [-0.15, -0.1) is 16.4 Å². The Morgan fingerprint density at radius 1 is 1.58 bits per heavy atom. The summed E-state index contributed by atoms with van der Waals surface area (Å²) in [7, 11) is 3.05. The fourth-order valence-electron chi connectivity index (χ4n) is 1.59. The Morgan fingerprint density at radius 3 is 3.05 bits per heavy atom. The molecule has 8 heteroatoms. The van der Waals surface area contributed by atoms with Gasteiger partial charge in [-0.2, -0.15) is 0 Å². The van der Waals surface area contributed by atoms with Crippen molar-refractivity contribution in [2.75, 3.05) is 7.11 Å². The van der Waals surface area contributed by atoms with Gasteiger partial charge in [0.25, 0.3) is 0 Å². The summed E-state index contributed by atoms with van der Waals surface area (Å²) in [5.74, 6) is 0. The predicted molar refractivity (Wildman–Crippen MR) is 72.2 cm³/mol. The number of aromatic nitrogens is 3. The van der Waals surface area contributed by atoms with Crippen LogP contribution in [0, 0.1) is 0 Å². The maximum atomic E-state index is 12.0. The van der Waals surface area contributed by atoms with Gasteiger partial charge in [-0.1, -0.05) is 5.16 Å². The lowest BCUT2D eigenvalue weighted by atomic mass is 10.4. The maximum Gasteiger partial charge on any atom is 0.353 e. The molecule has 0 saturated heterocycles. The molecule has 7 nitrogen and oxygen atoms in total. The van der Waals surface area contributed by atoms with Crippen molar-refractivity contribution in [1.29, 1.82) is 0 Å². The normalized spacial score (nSPS) is 11.1. The molecule has 102 valence electrons. The molecule has 0 amide bonds. The molecular formula is C11H14N4O3S. The minimum Gasteiger partial charge on any atom is -0.467 e. The van der Waals surface area contributed by atoms with Crippen LogP contribution in [0.5, 0.6) is 6.01 Å². The van der Waals surface area contributed by atoms with Gasteiger partial charge in [0.2, 0.25) is 0 Å². The molecule has 0 aliphatic heterocycles. The molecule has 0 atom stereocenters. The van der Waals surface area contributed by atoms with Crippen LogP contribution in [0.15, 0.2) is 21.4 Å². The smallest absolute Gasteiger partial charge is 0.353 e. The van der Waals surface area contributed by atoms with E-state index in [0.717, 1.165) is 4.88 Å². The van der Waals surface area contributed by atoms with Crippen molar-refractivity contribution in [3.63, 3.8) is 0 Å². The van der Waals surface area contributed by atoms with E-state index in [9.17, 15) is 4.79 Å². The standard InChI is InChI=1S/C11H14N4O3S/c1-4-12-18-7-9-8(5-6-19-9)15-10(17-3)13-14(2)11(15)16/h4-6H,7H2,1-3H3/b12-4-. The average molecular weight is 282 g/mol. The second-order valence-electron chi connectivity index (χ2n) is 3.59. The minimum absolute atomic E-state index is 0.242. The zero-order valence-electron chi connectivity index (χ0n) is 10.9. The summed E-state index contributed by atoms with van der Waals surface area (Å²) in [4.78, 5) is 18.0. The van der Waals surface area contributed by atoms with Gasteiger partial charge in [-0.3, -0.25) is 0 Å². The predicted octanol–water partition coefficient (Wildman–Crippen LogP) is 1.16. The molecule has 2 rings (SSSR count). The Morgan fingerprint density at radius 2 is 2.37 bits per heavy atom.